The van der Waals surface area contributed by atoms with E-state index >= 15 is 0 Å². The third-order valence-corrected chi connectivity index (χ3v) is 4.57. The highest BCUT2D eigenvalue weighted by molar-refractivity contribution is 5.74. The molecule has 3 aromatic rings. The van der Waals surface area contributed by atoms with Crippen molar-refractivity contribution >= 4 is 5.97 Å². The summed E-state index contributed by atoms with van der Waals surface area (Å²) in [5.74, 6) is -0.571. The molecule has 0 fully saturated rings. The van der Waals surface area contributed by atoms with Gasteiger partial charge in [-0.25, -0.2) is 0 Å². The molecule has 0 aliphatic heterocycles. The lowest BCUT2D eigenvalue weighted by molar-refractivity contribution is -0.139. The van der Waals surface area contributed by atoms with Crippen LogP contribution < -0.4 is 10.5 Å². The summed E-state index contributed by atoms with van der Waals surface area (Å²) in [7, 11) is 0. The Morgan fingerprint density at radius 1 is 0.852 bits per heavy atom. The van der Waals surface area contributed by atoms with Gasteiger partial charge in [-0.2, -0.15) is 0 Å². The van der Waals surface area contributed by atoms with Crippen molar-refractivity contribution in [2.24, 2.45) is 5.73 Å². The number of aliphatic carboxylic acids is 1. The van der Waals surface area contributed by atoms with E-state index in [1.54, 1.807) is 0 Å². The molecule has 0 aromatic heterocycles. The van der Waals surface area contributed by atoms with Crippen molar-refractivity contribution in [2.45, 2.75) is 25.0 Å². The standard InChI is InChI=1S/C23H23NO3/c24-22(23(25)26)21(15-17-7-3-1-4-8-17)19-11-13-20(14-12-19)27-16-18-9-5-2-6-10-18/h1-14,21-22H,15-16,24H2,(H,25,26)/t21?,22-/m0/s1. The quantitative estimate of drug-likeness (QED) is 0.636. The summed E-state index contributed by atoms with van der Waals surface area (Å²) < 4.78 is 5.81. The summed E-state index contributed by atoms with van der Waals surface area (Å²) in [6.07, 6.45) is 0.568. The fourth-order valence-electron chi connectivity index (χ4n) is 3.04. The second-order valence-electron chi connectivity index (χ2n) is 6.50. The Bertz CT molecular complexity index is 848. The molecule has 4 heteroatoms. The van der Waals surface area contributed by atoms with Gasteiger partial charge in [0.15, 0.2) is 0 Å². The predicted octanol–water partition coefficient (Wildman–Crippen LogP) is 4.00. The van der Waals surface area contributed by atoms with Crippen LogP contribution in [0.25, 0.3) is 0 Å². The molecular formula is C23H23NO3. The van der Waals surface area contributed by atoms with E-state index in [9.17, 15) is 9.90 Å². The number of carbonyl (C=O) groups is 1. The van der Waals surface area contributed by atoms with Crippen LogP contribution in [-0.2, 0) is 17.8 Å². The molecule has 27 heavy (non-hydrogen) atoms. The first kappa shape index (κ1) is 18.7. The maximum absolute atomic E-state index is 11.5. The van der Waals surface area contributed by atoms with Crippen LogP contribution in [0.5, 0.6) is 5.75 Å². The van der Waals surface area contributed by atoms with Crippen molar-refractivity contribution in [1.29, 1.82) is 0 Å². The van der Waals surface area contributed by atoms with Gasteiger partial charge in [-0.1, -0.05) is 72.8 Å². The third kappa shape index (κ3) is 5.19. The summed E-state index contributed by atoms with van der Waals surface area (Å²) in [5, 5.41) is 9.41. The molecule has 0 saturated heterocycles. The van der Waals surface area contributed by atoms with Crippen molar-refractivity contribution in [3.8, 4) is 5.75 Å². The van der Waals surface area contributed by atoms with Crippen LogP contribution in [0.1, 0.15) is 22.6 Å². The normalized spacial score (nSPS) is 12.9. The molecule has 0 amide bonds. The van der Waals surface area contributed by atoms with E-state index in [1.165, 1.54) is 0 Å². The molecule has 0 spiro atoms. The number of nitrogens with two attached hydrogens (primary N) is 1. The summed E-state index contributed by atoms with van der Waals surface area (Å²) in [4.78, 5) is 11.5. The van der Waals surface area contributed by atoms with E-state index in [4.69, 9.17) is 10.5 Å². The van der Waals surface area contributed by atoms with E-state index in [1.807, 2.05) is 84.9 Å². The van der Waals surface area contributed by atoms with Crippen LogP contribution in [0.3, 0.4) is 0 Å². The lowest BCUT2D eigenvalue weighted by Gasteiger charge is -2.22. The second-order valence-corrected chi connectivity index (χ2v) is 6.50. The minimum Gasteiger partial charge on any atom is -0.489 e. The summed E-state index contributed by atoms with van der Waals surface area (Å²) in [6, 6.07) is 26.3. The zero-order valence-electron chi connectivity index (χ0n) is 15.0. The number of hydrogen-bond donors (Lipinski definition) is 2. The van der Waals surface area contributed by atoms with Gasteiger partial charge in [0.2, 0.25) is 0 Å². The van der Waals surface area contributed by atoms with Crippen LogP contribution >= 0.6 is 0 Å². The number of ether oxygens (including phenoxy) is 1. The lowest BCUT2D eigenvalue weighted by atomic mass is 9.86. The van der Waals surface area contributed by atoms with Crippen molar-refractivity contribution in [3.63, 3.8) is 0 Å². The molecule has 0 radical (unpaired) electrons. The van der Waals surface area contributed by atoms with E-state index in [-0.39, 0.29) is 5.92 Å². The maximum atomic E-state index is 11.5. The topological polar surface area (TPSA) is 72.6 Å². The summed E-state index contributed by atoms with van der Waals surface area (Å²) >= 11 is 0. The summed E-state index contributed by atoms with van der Waals surface area (Å²) in [5.41, 5.74) is 9.02. The van der Waals surface area contributed by atoms with Crippen LogP contribution in [0, 0.1) is 0 Å². The molecule has 1 unspecified atom stereocenters. The molecular weight excluding hydrogens is 338 g/mol. The smallest absolute Gasteiger partial charge is 0.321 e. The monoisotopic (exact) mass is 361 g/mol. The number of carboxylic acids is 1. The van der Waals surface area contributed by atoms with Gasteiger partial charge < -0.3 is 15.6 Å². The first-order valence-corrected chi connectivity index (χ1v) is 8.92. The molecule has 3 rings (SSSR count). The van der Waals surface area contributed by atoms with Gasteiger partial charge in [0.1, 0.15) is 18.4 Å². The number of carboxylic acid groups (broad SMARTS) is 1. The van der Waals surface area contributed by atoms with Crippen molar-refractivity contribution in [2.75, 3.05) is 0 Å². The zero-order valence-corrected chi connectivity index (χ0v) is 15.0. The number of benzene rings is 3. The average molecular weight is 361 g/mol. The highest BCUT2D eigenvalue weighted by Crippen LogP contribution is 2.26. The molecule has 0 aliphatic rings. The van der Waals surface area contributed by atoms with E-state index in [0.29, 0.717) is 13.0 Å². The average Bonchev–Trinajstić information content (AvgIpc) is 2.72. The Kier molecular flexibility index (Phi) is 6.23. The fourth-order valence-corrected chi connectivity index (χ4v) is 3.04. The van der Waals surface area contributed by atoms with E-state index in [2.05, 4.69) is 0 Å². The molecule has 138 valence electrons. The number of rotatable bonds is 8. The SMILES string of the molecule is N[C@H](C(=O)O)C(Cc1ccccc1)c1ccc(OCc2ccccc2)cc1. The predicted molar refractivity (Wildman–Crippen MR) is 106 cm³/mol. The molecule has 4 nitrogen and oxygen atoms in total. The Hall–Kier alpha value is -3.11. The van der Waals surface area contributed by atoms with Crippen LogP contribution in [0.15, 0.2) is 84.9 Å². The number of hydrogen-bond acceptors (Lipinski definition) is 3. The van der Waals surface area contributed by atoms with Gasteiger partial charge in [0.05, 0.1) is 0 Å². The Balaban J connectivity index is 1.73. The molecule has 0 heterocycles. The second kappa shape index (κ2) is 9.01. The summed E-state index contributed by atoms with van der Waals surface area (Å²) in [6.45, 7) is 0.488. The van der Waals surface area contributed by atoms with Gasteiger partial charge in [-0.05, 0) is 35.2 Å². The maximum Gasteiger partial charge on any atom is 0.321 e. The molecule has 3 N–H and O–H groups in total. The Morgan fingerprint density at radius 2 is 1.41 bits per heavy atom. The zero-order chi connectivity index (χ0) is 19.1. The molecule has 2 atom stereocenters. The van der Waals surface area contributed by atoms with Gasteiger partial charge in [0.25, 0.3) is 0 Å². The Labute approximate surface area is 159 Å². The first-order chi connectivity index (χ1) is 13.1. The van der Waals surface area contributed by atoms with E-state index < -0.39 is 12.0 Å². The van der Waals surface area contributed by atoms with Crippen molar-refractivity contribution in [1.82, 2.24) is 0 Å². The van der Waals surface area contributed by atoms with Crippen LogP contribution in [0.2, 0.25) is 0 Å². The molecule has 3 aromatic carbocycles. The molecule has 0 bridgehead atoms. The minimum atomic E-state index is -1.000. The third-order valence-electron chi connectivity index (χ3n) is 4.57. The van der Waals surface area contributed by atoms with Gasteiger partial charge in [-0.15, -0.1) is 0 Å². The minimum absolute atomic E-state index is 0.312. The molecule has 0 saturated carbocycles. The van der Waals surface area contributed by atoms with Crippen molar-refractivity contribution in [3.05, 3.63) is 102 Å². The van der Waals surface area contributed by atoms with Crippen LogP contribution in [0.4, 0.5) is 0 Å². The van der Waals surface area contributed by atoms with Gasteiger partial charge >= 0.3 is 5.97 Å². The largest absolute Gasteiger partial charge is 0.489 e. The van der Waals surface area contributed by atoms with Crippen molar-refractivity contribution < 1.29 is 14.6 Å². The highest BCUT2D eigenvalue weighted by atomic mass is 16.5. The van der Waals surface area contributed by atoms with Gasteiger partial charge in [-0.3, -0.25) is 4.79 Å². The van der Waals surface area contributed by atoms with Gasteiger partial charge in [0, 0.05) is 5.92 Å². The first-order valence-electron chi connectivity index (χ1n) is 8.92. The Morgan fingerprint density at radius 3 is 1.96 bits per heavy atom. The van der Waals surface area contributed by atoms with E-state index in [0.717, 1.165) is 22.4 Å². The van der Waals surface area contributed by atoms with Crippen LogP contribution in [-0.4, -0.2) is 17.1 Å². The molecule has 0 aliphatic carbocycles. The fraction of sp³-hybridized carbons (Fsp3) is 0.174. The lowest BCUT2D eigenvalue weighted by Crippen LogP contribution is -2.37. The highest BCUT2D eigenvalue weighted by Gasteiger charge is 2.26.